The summed E-state index contributed by atoms with van der Waals surface area (Å²) in [4.78, 5) is 0. The highest BCUT2D eigenvalue weighted by Crippen LogP contribution is 2.19. The summed E-state index contributed by atoms with van der Waals surface area (Å²) in [7, 11) is 0. The van der Waals surface area contributed by atoms with Crippen LogP contribution in [0.5, 0.6) is 0 Å². The molecule has 0 spiro atoms. The molecule has 0 aliphatic rings. The zero-order valence-corrected chi connectivity index (χ0v) is 7.19. The van der Waals surface area contributed by atoms with Gasteiger partial charge in [0.2, 0.25) is 0 Å². The molecule has 0 saturated heterocycles. The first-order valence-corrected chi connectivity index (χ1v) is 4.05. The zero-order chi connectivity index (χ0) is 9.26. The van der Waals surface area contributed by atoms with Crippen LogP contribution in [0.1, 0.15) is 18.4 Å². The van der Waals surface area contributed by atoms with Gasteiger partial charge in [0, 0.05) is 5.39 Å². The highest BCUT2D eigenvalue weighted by Gasteiger charge is 2.05. The van der Waals surface area contributed by atoms with Gasteiger partial charge in [-0.2, -0.15) is 5.26 Å². The molecule has 0 fully saturated rings. The Bertz CT molecular complexity index is 467. The fraction of sp³-hybridized carbons (Fsp3) is 0.200. The standard InChI is InChI=1S/C10H8N2O/c1-7(5-11)8-2-3-9-6-13-12-10(9)4-8/h2-4,6-7H,1H3. The molecule has 1 heterocycles. The molecule has 2 rings (SSSR count). The van der Waals surface area contributed by atoms with E-state index in [1.54, 1.807) is 6.26 Å². The predicted octanol–water partition coefficient (Wildman–Crippen LogP) is 2.45. The number of hydrogen-bond acceptors (Lipinski definition) is 3. The summed E-state index contributed by atoms with van der Waals surface area (Å²) in [6.45, 7) is 1.86. The largest absolute Gasteiger partial charge is 0.364 e. The lowest BCUT2D eigenvalue weighted by molar-refractivity contribution is 0.428. The highest BCUT2D eigenvalue weighted by atomic mass is 16.5. The maximum Gasteiger partial charge on any atom is 0.131 e. The van der Waals surface area contributed by atoms with E-state index in [1.165, 1.54) is 0 Å². The summed E-state index contributed by atoms with van der Waals surface area (Å²) in [6, 6.07) is 7.90. The van der Waals surface area contributed by atoms with Crippen molar-refractivity contribution in [3.05, 3.63) is 30.0 Å². The van der Waals surface area contributed by atoms with Crippen LogP contribution < -0.4 is 0 Å². The Kier molecular flexibility index (Phi) is 1.75. The quantitative estimate of drug-likeness (QED) is 0.663. The summed E-state index contributed by atoms with van der Waals surface area (Å²) in [5.74, 6) is -0.0962. The van der Waals surface area contributed by atoms with E-state index in [4.69, 9.17) is 9.78 Å². The number of aromatic nitrogens is 1. The molecule has 1 atom stereocenters. The van der Waals surface area contributed by atoms with Crippen molar-refractivity contribution in [2.75, 3.05) is 0 Å². The second-order valence-corrected chi connectivity index (χ2v) is 2.98. The van der Waals surface area contributed by atoms with Crippen LogP contribution in [0.15, 0.2) is 29.0 Å². The minimum Gasteiger partial charge on any atom is -0.364 e. The van der Waals surface area contributed by atoms with Gasteiger partial charge in [0.05, 0.1) is 12.0 Å². The minimum absolute atomic E-state index is 0.0962. The third-order valence-corrected chi connectivity index (χ3v) is 2.08. The monoisotopic (exact) mass is 172 g/mol. The molecule has 13 heavy (non-hydrogen) atoms. The van der Waals surface area contributed by atoms with Gasteiger partial charge in [0.1, 0.15) is 11.8 Å². The predicted molar refractivity (Wildman–Crippen MR) is 48.0 cm³/mol. The Hall–Kier alpha value is -1.82. The maximum absolute atomic E-state index is 8.72. The maximum atomic E-state index is 8.72. The fourth-order valence-electron chi connectivity index (χ4n) is 1.22. The number of hydrogen-bond donors (Lipinski definition) is 0. The molecule has 0 N–H and O–H groups in total. The molecule has 0 aliphatic carbocycles. The van der Waals surface area contributed by atoms with Crippen LogP contribution in [0.3, 0.4) is 0 Å². The van der Waals surface area contributed by atoms with Crippen LogP contribution >= 0.6 is 0 Å². The van der Waals surface area contributed by atoms with Crippen LogP contribution in [0.2, 0.25) is 0 Å². The first-order valence-electron chi connectivity index (χ1n) is 4.05. The number of nitriles is 1. The van der Waals surface area contributed by atoms with Gasteiger partial charge >= 0.3 is 0 Å². The molecule has 2 aromatic rings. The highest BCUT2D eigenvalue weighted by molar-refractivity contribution is 5.77. The van der Waals surface area contributed by atoms with E-state index in [0.29, 0.717) is 0 Å². The Morgan fingerprint density at radius 1 is 1.54 bits per heavy atom. The lowest BCUT2D eigenvalue weighted by Crippen LogP contribution is -1.88. The molecule has 0 radical (unpaired) electrons. The molecule has 64 valence electrons. The zero-order valence-electron chi connectivity index (χ0n) is 7.19. The van der Waals surface area contributed by atoms with Crippen molar-refractivity contribution in [2.45, 2.75) is 12.8 Å². The van der Waals surface area contributed by atoms with E-state index in [-0.39, 0.29) is 5.92 Å². The van der Waals surface area contributed by atoms with Crippen molar-refractivity contribution in [3.8, 4) is 6.07 Å². The molecule has 0 saturated carbocycles. The summed E-state index contributed by atoms with van der Waals surface area (Å²) < 4.78 is 4.80. The van der Waals surface area contributed by atoms with Crippen LogP contribution in [0.4, 0.5) is 0 Å². The smallest absolute Gasteiger partial charge is 0.131 e. The molecular weight excluding hydrogens is 164 g/mol. The number of nitrogens with zero attached hydrogens (tertiary/aromatic N) is 2. The van der Waals surface area contributed by atoms with Crippen molar-refractivity contribution in [1.29, 1.82) is 5.26 Å². The summed E-state index contributed by atoms with van der Waals surface area (Å²) >= 11 is 0. The first-order chi connectivity index (χ1) is 6.31. The molecule has 3 heteroatoms. The average Bonchev–Trinajstić information content (AvgIpc) is 2.63. The topological polar surface area (TPSA) is 49.8 Å². The van der Waals surface area contributed by atoms with Gasteiger partial charge in [-0.05, 0) is 24.6 Å². The Labute approximate surface area is 75.6 Å². The van der Waals surface area contributed by atoms with E-state index < -0.39 is 0 Å². The number of fused-ring (bicyclic) bond motifs is 1. The summed E-state index contributed by atoms with van der Waals surface area (Å²) in [6.07, 6.45) is 1.59. The van der Waals surface area contributed by atoms with Gasteiger partial charge in [-0.3, -0.25) is 0 Å². The van der Waals surface area contributed by atoms with E-state index in [1.807, 2.05) is 25.1 Å². The van der Waals surface area contributed by atoms with E-state index >= 15 is 0 Å². The van der Waals surface area contributed by atoms with Gasteiger partial charge in [0.15, 0.2) is 0 Å². The summed E-state index contributed by atoms with van der Waals surface area (Å²) in [5.41, 5.74) is 1.78. The average molecular weight is 172 g/mol. The van der Waals surface area contributed by atoms with Crippen molar-refractivity contribution in [2.24, 2.45) is 0 Å². The molecule has 1 aromatic heterocycles. The normalized spacial score (nSPS) is 12.6. The molecule has 3 nitrogen and oxygen atoms in total. The van der Waals surface area contributed by atoms with Crippen molar-refractivity contribution < 1.29 is 4.52 Å². The Balaban J connectivity index is 2.55. The van der Waals surface area contributed by atoms with Crippen LogP contribution in [0, 0.1) is 11.3 Å². The molecule has 0 bridgehead atoms. The van der Waals surface area contributed by atoms with Crippen molar-refractivity contribution >= 4 is 10.9 Å². The molecular formula is C10H8N2O. The van der Waals surface area contributed by atoms with Gasteiger partial charge in [-0.25, -0.2) is 0 Å². The molecule has 1 unspecified atom stereocenters. The van der Waals surface area contributed by atoms with Gasteiger partial charge in [-0.15, -0.1) is 0 Å². The van der Waals surface area contributed by atoms with Gasteiger partial charge in [0.25, 0.3) is 0 Å². The van der Waals surface area contributed by atoms with E-state index in [0.717, 1.165) is 16.5 Å². The fourth-order valence-corrected chi connectivity index (χ4v) is 1.22. The number of rotatable bonds is 1. The van der Waals surface area contributed by atoms with E-state index in [2.05, 4.69) is 11.2 Å². The lowest BCUT2D eigenvalue weighted by atomic mass is 10.0. The van der Waals surface area contributed by atoms with Crippen molar-refractivity contribution in [1.82, 2.24) is 5.16 Å². The third-order valence-electron chi connectivity index (χ3n) is 2.08. The second kappa shape index (κ2) is 2.91. The second-order valence-electron chi connectivity index (χ2n) is 2.98. The van der Waals surface area contributed by atoms with E-state index in [9.17, 15) is 0 Å². The summed E-state index contributed by atoms with van der Waals surface area (Å²) in [5, 5.41) is 13.5. The molecule has 0 aliphatic heterocycles. The van der Waals surface area contributed by atoms with Gasteiger partial charge < -0.3 is 4.52 Å². The molecule has 1 aromatic carbocycles. The first kappa shape index (κ1) is 7.81. The Morgan fingerprint density at radius 2 is 2.38 bits per heavy atom. The van der Waals surface area contributed by atoms with Gasteiger partial charge in [-0.1, -0.05) is 11.2 Å². The van der Waals surface area contributed by atoms with Crippen LogP contribution in [0.25, 0.3) is 10.9 Å². The SMILES string of the molecule is CC(C#N)c1ccc2conc2c1. The van der Waals surface area contributed by atoms with Crippen molar-refractivity contribution in [3.63, 3.8) is 0 Å². The third kappa shape index (κ3) is 1.27. The Morgan fingerprint density at radius 3 is 3.15 bits per heavy atom. The van der Waals surface area contributed by atoms with Crippen LogP contribution in [-0.4, -0.2) is 5.16 Å². The molecule has 0 amide bonds. The minimum atomic E-state index is -0.0962. The number of benzene rings is 1. The van der Waals surface area contributed by atoms with Crippen LogP contribution in [-0.2, 0) is 0 Å². The lowest BCUT2D eigenvalue weighted by Gasteiger charge is -2.00.